The molecular weight excluding hydrogens is 330 g/mol. The first-order valence-corrected chi connectivity index (χ1v) is 9.02. The van der Waals surface area contributed by atoms with Crippen molar-refractivity contribution in [1.82, 2.24) is 9.88 Å². The summed E-state index contributed by atoms with van der Waals surface area (Å²) in [6.45, 7) is 2.57. The Kier molecular flexibility index (Phi) is 3.99. The van der Waals surface area contributed by atoms with Crippen LogP contribution in [0.2, 0.25) is 0 Å². The average molecular weight is 345 g/mol. The molecule has 0 radical (unpaired) electrons. The van der Waals surface area contributed by atoms with Crippen molar-refractivity contribution in [3.8, 4) is 0 Å². The lowest BCUT2D eigenvalue weighted by molar-refractivity contribution is 0.0306. The van der Waals surface area contributed by atoms with Crippen LogP contribution in [0.1, 0.15) is 9.67 Å². The molecule has 7 heteroatoms. The number of anilines is 2. The molecule has 1 fully saturated rings. The molecule has 1 aliphatic heterocycles. The van der Waals surface area contributed by atoms with Crippen LogP contribution in [0.5, 0.6) is 0 Å². The summed E-state index contributed by atoms with van der Waals surface area (Å²) in [7, 11) is 0. The van der Waals surface area contributed by atoms with Crippen molar-refractivity contribution >= 4 is 48.9 Å². The normalized spacial score (nSPS) is 15.0. The van der Waals surface area contributed by atoms with Crippen LogP contribution in [0.3, 0.4) is 0 Å². The van der Waals surface area contributed by atoms with Gasteiger partial charge in [0.15, 0.2) is 5.13 Å². The molecule has 0 bridgehead atoms. The fourth-order valence-electron chi connectivity index (χ4n) is 2.46. The fraction of sp³-hybridized carbons (Fsp3) is 0.250. The van der Waals surface area contributed by atoms with Crippen molar-refractivity contribution in [1.29, 1.82) is 0 Å². The minimum absolute atomic E-state index is 0.0843. The Balaban J connectivity index is 1.53. The summed E-state index contributed by atoms with van der Waals surface area (Å²) in [5, 5.41) is 4.14. The molecule has 0 atom stereocenters. The highest BCUT2D eigenvalue weighted by molar-refractivity contribution is 7.29. The third-order valence-electron chi connectivity index (χ3n) is 3.62. The number of nitrogens with one attached hydrogen (secondary N) is 1. The molecule has 3 aromatic rings. The number of fused-ring (bicyclic) bond motifs is 1. The van der Waals surface area contributed by atoms with E-state index in [1.54, 1.807) is 11.3 Å². The maximum atomic E-state index is 12.5. The number of amides is 1. The van der Waals surface area contributed by atoms with E-state index in [1.807, 2.05) is 41.3 Å². The van der Waals surface area contributed by atoms with Crippen molar-refractivity contribution < 1.29 is 9.53 Å². The summed E-state index contributed by atoms with van der Waals surface area (Å²) in [5.74, 6) is 0.0843. The molecule has 0 aliphatic carbocycles. The zero-order valence-corrected chi connectivity index (χ0v) is 14.0. The van der Waals surface area contributed by atoms with Crippen LogP contribution >= 0.6 is 22.7 Å². The smallest absolute Gasteiger partial charge is 0.264 e. The molecule has 1 amide bonds. The summed E-state index contributed by atoms with van der Waals surface area (Å²) in [6.07, 6.45) is 0. The molecule has 0 unspecified atom stereocenters. The summed E-state index contributed by atoms with van der Waals surface area (Å²) in [4.78, 5) is 20.6. The van der Waals surface area contributed by atoms with Crippen LogP contribution in [0, 0.1) is 0 Å². The topological polar surface area (TPSA) is 54.5 Å². The van der Waals surface area contributed by atoms with Gasteiger partial charge >= 0.3 is 0 Å². The first kappa shape index (κ1) is 14.6. The van der Waals surface area contributed by atoms with Gasteiger partial charge in [-0.2, -0.15) is 0 Å². The number of ether oxygens (including phenoxy) is 1. The molecule has 118 valence electrons. The number of aromatic nitrogens is 1. The summed E-state index contributed by atoms with van der Waals surface area (Å²) >= 11 is 3.03. The number of morpholine rings is 1. The molecule has 1 saturated heterocycles. The van der Waals surface area contributed by atoms with Gasteiger partial charge in [-0.25, -0.2) is 4.98 Å². The minimum Gasteiger partial charge on any atom is -0.378 e. The second-order valence-corrected chi connectivity index (χ2v) is 7.26. The van der Waals surface area contributed by atoms with Gasteiger partial charge in [0, 0.05) is 18.8 Å². The first-order valence-electron chi connectivity index (χ1n) is 7.39. The summed E-state index contributed by atoms with van der Waals surface area (Å²) < 4.78 is 6.34. The van der Waals surface area contributed by atoms with E-state index in [-0.39, 0.29) is 5.91 Å². The number of thiazole rings is 1. The lowest BCUT2D eigenvalue weighted by atomic mass is 10.3. The van der Waals surface area contributed by atoms with Gasteiger partial charge in [0.05, 0.1) is 22.8 Å². The zero-order chi connectivity index (χ0) is 15.6. The summed E-state index contributed by atoms with van der Waals surface area (Å²) in [5.41, 5.74) is 1.01. The van der Waals surface area contributed by atoms with E-state index >= 15 is 0 Å². The van der Waals surface area contributed by atoms with E-state index in [0.29, 0.717) is 26.3 Å². The molecule has 23 heavy (non-hydrogen) atoms. The lowest BCUT2D eigenvalue weighted by Gasteiger charge is -2.26. The van der Waals surface area contributed by atoms with E-state index in [4.69, 9.17) is 4.74 Å². The van der Waals surface area contributed by atoms with Gasteiger partial charge in [0.25, 0.3) is 5.91 Å². The maximum absolute atomic E-state index is 12.5. The van der Waals surface area contributed by atoms with Crippen LogP contribution in [0.25, 0.3) is 9.53 Å². The Hall–Kier alpha value is -1.96. The van der Waals surface area contributed by atoms with Gasteiger partial charge in [0.2, 0.25) is 0 Å². The number of para-hydroxylation sites is 1. The van der Waals surface area contributed by atoms with Crippen LogP contribution in [-0.4, -0.2) is 42.1 Å². The number of carbonyl (C=O) groups is 1. The van der Waals surface area contributed by atoms with Gasteiger partial charge in [0.1, 0.15) is 4.83 Å². The van der Waals surface area contributed by atoms with Crippen LogP contribution in [0.15, 0.2) is 36.4 Å². The van der Waals surface area contributed by atoms with Crippen LogP contribution in [-0.2, 0) is 4.74 Å². The van der Waals surface area contributed by atoms with E-state index in [1.165, 1.54) is 11.3 Å². The molecule has 0 spiro atoms. The van der Waals surface area contributed by atoms with E-state index < -0.39 is 0 Å². The third kappa shape index (κ3) is 3.08. The number of carbonyl (C=O) groups excluding carboxylic acids is 1. The highest BCUT2D eigenvalue weighted by Gasteiger charge is 2.21. The molecule has 4 rings (SSSR count). The van der Waals surface area contributed by atoms with Gasteiger partial charge < -0.3 is 15.0 Å². The number of benzene rings is 1. The predicted molar refractivity (Wildman–Crippen MR) is 93.9 cm³/mol. The third-order valence-corrected chi connectivity index (χ3v) is 5.69. The van der Waals surface area contributed by atoms with E-state index in [9.17, 15) is 4.79 Å². The monoisotopic (exact) mass is 345 g/mol. The van der Waals surface area contributed by atoms with Crippen LogP contribution < -0.4 is 5.32 Å². The fourth-order valence-corrected chi connectivity index (χ4v) is 4.57. The van der Waals surface area contributed by atoms with E-state index in [0.717, 1.165) is 25.2 Å². The lowest BCUT2D eigenvalue weighted by Crippen LogP contribution is -2.40. The predicted octanol–water partition coefficient (Wildman–Crippen LogP) is 3.57. The van der Waals surface area contributed by atoms with Crippen molar-refractivity contribution in [3.63, 3.8) is 0 Å². The van der Waals surface area contributed by atoms with Crippen molar-refractivity contribution in [2.24, 2.45) is 0 Å². The number of thiophene rings is 1. The first-order chi connectivity index (χ1) is 11.3. The number of rotatable bonds is 3. The largest absolute Gasteiger partial charge is 0.378 e. The molecule has 5 nitrogen and oxygen atoms in total. The molecule has 0 saturated carbocycles. The molecule has 1 N–H and O–H groups in total. The van der Waals surface area contributed by atoms with Gasteiger partial charge in [-0.3, -0.25) is 4.79 Å². The van der Waals surface area contributed by atoms with Crippen molar-refractivity contribution in [3.05, 3.63) is 41.3 Å². The van der Waals surface area contributed by atoms with Gasteiger partial charge in [-0.1, -0.05) is 29.5 Å². The van der Waals surface area contributed by atoms with Gasteiger partial charge in [-0.15, -0.1) is 11.3 Å². The molecule has 2 aromatic heterocycles. The Morgan fingerprint density at radius 1 is 1.17 bits per heavy atom. The summed E-state index contributed by atoms with van der Waals surface area (Å²) in [6, 6.07) is 11.9. The second kappa shape index (κ2) is 6.27. The highest BCUT2D eigenvalue weighted by Crippen LogP contribution is 2.34. The number of nitrogens with zero attached hydrogens (tertiary/aromatic N) is 2. The second-order valence-electron chi connectivity index (χ2n) is 5.19. The minimum atomic E-state index is 0.0843. The Labute approximate surface area is 141 Å². The van der Waals surface area contributed by atoms with Gasteiger partial charge in [-0.05, 0) is 18.2 Å². The molecule has 1 aliphatic rings. The number of hydrogen-bond acceptors (Lipinski definition) is 6. The average Bonchev–Trinajstić information content (AvgIpc) is 3.14. The Morgan fingerprint density at radius 3 is 2.70 bits per heavy atom. The van der Waals surface area contributed by atoms with Crippen molar-refractivity contribution in [2.75, 3.05) is 31.6 Å². The highest BCUT2D eigenvalue weighted by atomic mass is 32.1. The standard InChI is InChI=1S/C16H15N3O2S2/c20-15(19-6-8-21-9-7-19)13-10-12-14(22-13)18-16(23-12)17-11-4-2-1-3-5-11/h1-5,10H,6-9H2,(H,17,18). The molecule has 3 heterocycles. The molecule has 1 aromatic carbocycles. The Morgan fingerprint density at radius 2 is 1.96 bits per heavy atom. The van der Waals surface area contributed by atoms with E-state index in [2.05, 4.69) is 10.3 Å². The zero-order valence-electron chi connectivity index (χ0n) is 12.3. The molecular formula is C16H15N3O2S2. The van der Waals surface area contributed by atoms with Crippen LogP contribution in [0.4, 0.5) is 10.8 Å². The Bertz CT molecular complexity index is 791. The maximum Gasteiger partial charge on any atom is 0.264 e. The van der Waals surface area contributed by atoms with Crippen molar-refractivity contribution in [2.45, 2.75) is 0 Å². The SMILES string of the molecule is O=C(c1cc2sc(Nc3ccccc3)nc2s1)N1CCOCC1. The number of hydrogen-bond donors (Lipinski definition) is 1. The quantitative estimate of drug-likeness (QED) is 0.788.